The summed E-state index contributed by atoms with van der Waals surface area (Å²) in [5.41, 5.74) is 0.874. The van der Waals surface area contributed by atoms with Gasteiger partial charge in [0.1, 0.15) is 0 Å². The van der Waals surface area contributed by atoms with Gasteiger partial charge in [0.15, 0.2) is 0 Å². The van der Waals surface area contributed by atoms with E-state index in [4.69, 9.17) is 32.5 Å². The second-order valence-corrected chi connectivity index (χ2v) is 7.70. The second kappa shape index (κ2) is 5.25. The highest BCUT2D eigenvalue weighted by molar-refractivity contribution is 8.10. The van der Waals surface area contributed by atoms with Crippen LogP contribution in [0.3, 0.4) is 0 Å². The fourth-order valence-corrected chi connectivity index (χ4v) is 4.85. The Hall–Kier alpha value is -0.120. The van der Waals surface area contributed by atoms with E-state index in [1.807, 2.05) is 38.1 Å². The zero-order valence-corrected chi connectivity index (χ0v) is 12.2. The fourth-order valence-electron chi connectivity index (χ4n) is 1.79. The summed E-state index contributed by atoms with van der Waals surface area (Å²) in [6, 6.07) is 7.35. The molecule has 1 N–H and O–H groups in total. The molecule has 0 aromatic heterocycles. The maximum atomic E-state index is 5.83. The van der Waals surface area contributed by atoms with E-state index in [0.29, 0.717) is 5.02 Å². The Balaban J connectivity index is 2.11. The molecule has 17 heavy (non-hydrogen) atoms. The van der Waals surface area contributed by atoms with Gasteiger partial charge in [-0.25, -0.2) is 0 Å². The van der Waals surface area contributed by atoms with Crippen LogP contribution in [0.4, 0.5) is 5.69 Å². The Bertz CT molecular complexity index is 426. The normalized spacial score (nSPS) is 33.4. The quantitative estimate of drug-likeness (QED) is 0.828. The van der Waals surface area contributed by atoms with Gasteiger partial charge in [0.25, 0.3) is 6.64 Å². The predicted molar refractivity (Wildman–Crippen MR) is 75.1 cm³/mol. The summed E-state index contributed by atoms with van der Waals surface area (Å²) in [6.45, 7) is 1.61. The first-order chi connectivity index (χ1) is 7.97. The van der Waals surface area contributed by atoms with E-state index >= 15 is 0 Å². The van der Waals surface area contributed by atoms with Gasteiger partial charge in [-0.2, -0.15) is 0 Å². The van der Waals surface area contributed by atoms with E-state index in [2.05, 4.69) is 5.09 Å². The molecule has 2 atom stereocenters. The SMILES string of the molecule is CC1CC(C)OP(=S)(Nc2ccc(Cl)cc2)O1. The Kier molecular flexibility index (Phi) is 4.11. The summed E-state index contributed by atoms with van der Waals surface area (Å²) in [5.74, 6) is 0. The molecule has 0 saturated carbocycles. The topological polar surface area (TPSA) is 30.5 Å². The molecular weight excluding hydrogens is 277 g/mol. The zero-order valence-electron chi connectivity index (χ0n) is 9.72. The number of anilines is 1. The van der Waals surface area contributed by atoms with E-state index < -0.39 is 6.64 Å². The highest BCUT2D eigenvalue weighted by atomic mass is 35.5. The average molecular weight is 292 g/mol. The number of hydrogen-bond acceptors (Lipinski definition) is 3. The van der Waals surface area contributed by atoms with Crippen LogP contribution >= 0.6 is 18.2 Å². The Morgan fingerprint density at radius 2 is 1.76 bits per heavy atom. The molecule has 2 rings (SSSR count). The summed E-state index contributed by atoms with van der Waals surface area (Å²) < 4.78 is 11.5. The molecule has 0 spiro atoms. The van der Waals surface area contributed by atoms with Gasteiger partial charge in [-0.3, -0.25) is 0 Å². The Morgan fingerprint density at radius 3 is 2.29 bits per heavy atom. The first-order valence-electron chi connectivity index (χ1n) is 5.47. The van der Waals surface area contributed by atoms with Crippen molar-refractivity contribution in [3.05, 3.63) is 29.3 Å². The lowest BCUT2D eigenvalue weighted by Crippen LogP contribution is -2.26. The van der Waals surface area contributed by atoms with E-state index in [1.165, 1.54) is 0 Å². The third-order valence-electron chi connectivity index (χ3n) is 2.41. The van der Waals surface area contributed by atoms with Gasteiger partial charge >= 0.3 is 0 Å². The van der Waals surface area contributed by atoms with Crippen molar-refractivity contribution >= 4 is 35.7 Å². The van der Waals surface area contributed by atoms with Crippen molar-refractivity contribution in [2.24, 2.45) is 0 Å². The molecule has 1 heterocycles. The largest absolute Gasteiger partial charge is 0.316 e. The summed E-state index contributed by atoms with van der Waals surface area (Å²) >= 11 is 11.3. The van der Waals surface area contributed by atoms with Gasteiger partial charge in [-0.05, 0) is 49.9 Å². The number of benzene rings is 1. The van der Waals surface area contributed by atoms with Crippen molar-refractivity contribution in [2.75, 3.05) is 5.09 Å². The molecule has 1 aromatic carbocycles. The number of nitrogens with one attached hydrogen (secondary N) is 1. The molecule has 1 fully saturated rings. The Labute approximate surface area is 112 Å². The van der Waals surface area contributed by atoms with Crippen molar-refractivity contribution in [1.82, 2.24) is 0 Å². The van der Waals surface area contributed by atoms with Crippen LogP contribution in [0.25, 0.3) is 0 Å². The molecule has 6 heteroatoms. The highest BCUT2D eigenvalue weighted by Gasteiger charge is 2.31. The van der Waals surface area contributed by atoms with Crippen molar-refractivity contribution in [3.8, 4) is 0 Å². The minimum atomic E-state index is -2.42. The molecule has 0 amide bonds. The maximum Gasteiger partial charge on any atom is 0.288 e. The second-order valence-electron chi connectivity index (χ2n) is 4.18. The van der Waals surface area contributed by atoms with E-state index in [-0.39, 0.29) is 12.2 Å². The summed E-state index contributed by atoms with van der Waals surface area (Å²) in [5, 5.41) is 3.86. The van der Waals surface area contributed by atoms with Crippen LogP contribution in [0.1, 0.15) is 20.3 Å². The van der Waals surface area contributed by atoms with Crippen molar-refractivity contribution in [1.29, 1.82) is 0 Å². The standard InChI is InChI=1S/C11H15ClNO2PS/c1-8-7-9(2)15-16(17,14-8)13-11-5-3-10(12)4-6-11/h3-6,8-9H,7H2,1-2H3,(H,13,17). The van der Waals surface area contributed by atoms with Crippen LogP contribution in [0.5, 0.6) is 0 Å². The van der Waals surface area contributed by atoms with Crippen LogP contribution in [-0.4, -0.2) is 12.2 Å². The average Bonchev–Trinajstić information content (AvgIpc) is 2.19. The zero-order chi connectivity index (χ0) is 12.5. The van der Waals surface area contributed by atoms with Crippen LogP contribution in [0.15, 0.2) is 24.3 Å². The number of halogens is 1. The molecule has 0 aliphatic carbocycles. The number of hydrogen-bond donors (Lipinski definition) is 1. The van der Waals surface area contributed by atoms with Gasteiger partial charge in [0.05, 0.1) is 12.2 Å². The fraction of sp³-hybridized carbons (Fsp3) is 0.455. The molecule has 3 nitrogen and oxygen atoms in total. The van der Waals surface area contributed by atoms with Gasteiger partial charge in [-0.1, -0.05) is 11.6 Å². The third kappa shape index (κ3) is 3.67. The molecule has 1 saturated heterocycles. The molecule has 94 valence electrons. The molecular formula is C11H15ClNO2PS. The molecule has 1 aliphatic rings. The highest BCUT2D eigenvalue weighted by Crippen LogP contribution is 2.54. The maximum absolute atomic E-state index is 5.83. The van der Waals surface area contributed by atoms with Crippen LogP contribution in [0.2, 0.25) is 5.02 Å². The number of rotatable bonds is 2. The van der Waals surface area contributed by atoms with Crippen LogP contribution in [0, 0.1) is 0 Å². The van der Waals surface area contributed by atoms with Crippen LogP contribution in [-0.2, 0) is 20.9 Å². The molecule has 1 aliphatic heterocycles. The smallest absolute Gasteiger partial charge is 0.288 e. The lowest BCUT2D eigenvalue weighted by Gasteiger charge is -2.35. The molecule has 2 unspecified atom stereocenters. The lowest BCUT2D eigenvalue weighted by molar-refractivity contribution is 0.0728. The van der Waals surface area contributed by atoms with Crippen LogP contribution < -0.4 is 5.09 Å². The molecule has 1 aromatic rings. The van der Waals surface area contributed by atoms with Crippen molar-refractivity contribution in [2.45, 2.75) is 32.5 Å². The minimum Gasteiger partial charge on any atom is -0.316 e. The Morgan fingerprint density at radius 1 is 1.24 bits per heavy atom. The van der Waals surface area contributed by atoms with Gasteiger partial charge in [0.2, 0.25) is 0 Å². The minimum absolute atomic E-state index is 0.129. The van der Waals surface area contributed by atoms with E-state index in [1.54, 1.807) is 0 Å². The van der Waals surface area contributed by atoms with Crippen molar-refractivity contribution < 1.29 is 9.05 Å². The first-order valence-corrected chi connectivity index (χ1v) is 8.49. The van der Waals surface area contributed by atoms with Crippen molar-refractivity contribution in [3.63, 3.8) is 0 Å². The molecule has 0 radical (unpaired) electrons. The van der Waals surface area contributed by atoms with Gasteiger partial charge < -0.3 is 14.1 Å². The summed E-state index contributed by atoms with van der Waals surface area (Å²) in [7, 11) is 0. The third-order valence-corrected chi connectivity index (χ3v) is 5.26. The predicted octanol–water partition coefficient (Wildman–Crippen LogP) is 4.19. The summed E-state index contributed by atoms with van der Waals surface area (Å²) in [6.07, 6.45) is 1.13. The lowest BCUT2D eigenvalue weighted by atomic mass is 10.2. The van der Waals surface area contributed by atoms with Gasteiger partial charge in [0, 0.05) is 17.1 Å². The van der Waals surface area contributed by atoms with E-state index in [0.717, 1.165) is 12.1 Å². The monoisotopic (exact) mass is 291 g/mol. The molecule has 0 bridgehead atoms. The van der Waals surface area contributed by atoms with E-state index in [9.17, 15) is 0 Å². The summed E-state index contributed by atoms with van der Waals surface area (Å²) in [4.78, 5) is 0. The first kappa shape index (κ1) is 13.3. The van der Waals surface area contributed by atoms with Gasteiger partial charge in [-0.15, -0.1) is 0 Å².